The molecule has 2 heterocycles. The van der Waals surface area contributed by atoms with Crippen LogP contribution in [-0.4, -0.2) is 19.8 Å². The number of aromatic nitrogens is 4. The SMILES string of the molecule is CC(C)(C)c1cc2nnc3c(n2n1)CCC3N. The van der Waals surface area contributed by atoms with Crippen LogP contribution in [0.5, 0.6) is 0 Å². The molecule has 2 aromatic heterocycles. The zero-order chi connectivity index (χ0) is 12.2. The molecular formula is C12H17N5. The molecule has 0 saturated carbocycles. The molecule has 1 aliphatic carbocycles. The highest BCUT2D eigenvalue weighted by Gasteiger charge is 2.26. The van der Waals surface area contributed by atoms with E-state index in [1.807, 2.05) is 10.6 Å². The van der Waals surface area contributed by atoms with Crippen LogP contribution in [0, 0.1) is 0 Å². The molecule has 0 fully saturated rings. The second-order valence-electron chi connectivity index (χ2n) is 5.73. The summed E-state index contributed by atoms with van der Waals surface area (Å²) >= 11 is 0. The van der Waals surface area contributed by atoms with Gasteiger partial charge in [0.1, 0.15) is 5.69 Å². The summed E-state index contributed by atoms with van der Waals surface area (Å²) in [6.45, 7) is 6.44. The summed E-state index contributed by atoms with van der Waals surface area (Å²) < 4.78 is 1.91. The van der Waals surface area contributed by atoms with Gasteiger partial charge in [0.15, 0.2) is 5.65 Å². The van der Waals surface area contributed by atoms with E-state index < -0.39 is 0 Å². The van der Waals surface area contributed by atoms with Gasteiger partial charge in [-0.2, -0.15) is 5.10 Å². The smallest absolute Gasteiger partial charge is 0.177 e. The molecule has 0 aliphatic heterocycles. The lowest BCUT2D eigenvalue weighted by Gasteiger charge is -2.13. The van der Waals surface area contributed by atoms with E-state index in [0.717, 1.165) is 35.6 Å². The van der Waals surface area contributed by atoms with Crippen molar-refractivity contribution in [3.63, 3.8) is 0 Å². The molecule has 0 amide bonds. The van der Waals surface area contributed by atoms with E-state index in [2.05, 4.69) is 36.1 Å². The Hall–Kier alpha value is -1.49. The molecule has 5 heteroatoms. The minimum atomic E-state index is 0.0178. The van der Waals surface area contributed by atoms with Crippen LogP contribution in [-0.2, 0) is 11.8 Å². The quantitative estimate of drug-likeness (QED) is 0.743. The van der Waals surface area contributed by atoms with Gasteiger partial charge < -0.3 is 5.73 Å². The minimum absolute atomic E-state index is 0.0178. The Labute approximate surface area is 100 Å². The molecule has 0 saturated heterocycles. The van der Waals surface area contributed by atoms with Gasteiger partial charge in [0.25, 0.3) is 0 Å². The number of nitrogens with two attached hydrogens (primary N) is 1. The first kappa shape index (κ1) is 10.7. The monoisotopic (exact) mass is 231 g/mol. The summed E-state index contributed by atoms with van der Waals surface area (Å²) in [5, 5.41) is 13.1. The Balaban J connectivity index is 2.24. The Morgan fingerprint density at radius 1 is 1.35 bits per heavy atom. The normalized spacial score (nSPS) is 19.9. The van der Waals surface area contributed by atoms with Crippen molar-refractivity contribution in [1.82, 2.24) is 19.8 Å². The molecule has 17 heavy (non-hydrogen) atoms. The number of nitrogens with zero attached hydrogens (tertiary/aromatic N) is 4. The van der Waals surface area contributed by atoms with Gasteiger partial charge in [-0.3, -0.25) is 0 Å². The molecule has 0 radical (unpaired) electrons. The van der Waals surface area contributed by atoms with Gasteiger partial charge in [0.05, 0.1) is 17.4 Å². The van der Waals surface area contributed by atoms with E-state index in [9.17, 15) is 0 Å². The Kier molecular flexibility index (Phi) is 2.04. The maximum atomic E-state index is 5.99. The lowest BCUT2D eigenvalue weighted by molar-refractivity contribution is 0.560. The highest BCUT2D eigenvalue weighted by atomic mass is 15.3. The predicted octanol–water partition coefficient (Wildman–Crippen LogP) is 1.37. The number of hydrogen-bond acceptors (Lipinski definition) is 4. The summed E-state index contributed by atoms with van der Waals surface area (Å²) in [5.41, 5.74) is 9.91. The Bertz CT molecular complexity index is 578. The van der Waals surface area contributed by atoms with E-state index in [4.69, 9.17) is 5.73 Å². The standard InChI is InChI=1S/C12H17N5/c1-12(2,3)9-6-10-14-15-11-7(13)4-5-8(11)17(10)16-9/h6-7H,4-5,13H2,1-3H3. The molecule has 1 unspecified atom stereocenters. The van der Waals surface area contributed by atoms with Crippen LogP contribution >= 0.6 is 0 Å². The molecular weight excluding hydrogens is 214 g/mol. The van der Waals surface area contributed by atoms with Gasteiger partial charge in [-0.25, -0.2) is 4.52 Å². The van der Waals surface area contributed by atoms with Gasteiger partial charge >= 0.3 is 0 Å². The third-order valence-corrected chi connectivity index (χ3v) is 3.31. The van der Waals surface area contributed by atoms with Crippen molar-refractivity contribution < 1.29 is 0 Å². The lowest BCUT2D eigenvalue weighted by atomic mass is 9.93. The first-order valence-electron chi connectivity index (χ1n) is 5.98. The van der Waals surface area contributed by atoms with Gasteiger partial charge in [-0.1, -0.05) is 20.8 Å². The average Bonchev–Trinajstić information content (AvgIpc) is 2.80. The van der Waals surface area contributed by atoms with Crippen LogP contribution in [0.1, 0.15) is 50.3 Å². The van der Waals surface area contributed by atoms with Crippen molar-refractivity contribution >= 4 is 5.65 Å². The first-order chi connectivity index (χ1) is 7.97. The van der Waals surface area contributed by atoms with Crippen LogP contribution in [0.25, 0.3) is 5.65 Å². The fourth-order valence-electron chi connectivity index (χ4n) is 2.23. The Morgan fingerprint density at radius 2 is 2.12 bits per heavy atom. The topological polar surface area (TPSA) is 69.1 Å². The molecule has 1 atom stereocenters. The average molecular weight is 231 g/mol. The molecule has 3 rings (SSSR count). The molecule has 0 bridgehead atoms. The molecule has 1 aliphatic rings. The maximum Gasteiger partial charge on any atom is 0.177 e. The van der Waals surface area contributed by atoms with E-state index in [-0.39, 0.29) is 11.5 Å². The number of fused-ring (bicyclic) bond motifs is 3. The predicted molar refractivity (Wildman–Crippen MR) is 64.7 cm³/mol. The summed E-state index contributed by atoms with van der Waals surface area (Å²) in [6, 6.07) is 2.03. The molecule has 2 aromatic rings. The summed E-state index contributed by atoms with van der Waals surface area (Å²) in [7, 11) is 0. The van der Waals surface area contributed by atoms with Crippen LogP contribution in [0.3, 0.4) is 0 Å². The van der Waals surface area contributed by atoms with Crippen molar-refractivity contribution in [2.75, 3.05) is 0 Å². The molecule has 0 spiro atoms. The lowest BCUT2D eigenvalue weighted by Crippen LogP contribution is -2.13. The van der Waals surface area contributed by atoms with E-state index in [1.54, 1.807) is 0 Å². The molecule has 90 valence electrons. The fraction of sp³-hybridized carbons (Fsp3) is 0.583. The third-order valence-electron chi connectivity index (χ3n) is 3.31. The van der Waals surface area contributed by atoms with Crippen molar-refractivity contribution in [1.29, 1.82) is 0 Å². The van der Waals surface area contributed by atoms with E-state index in [1.165, 1.54) is 0 Å². The summed E-state index contributed by atoms with van der Waals surface area (Å²) in [4.78, 5) is 0. The fourth-order valence-corrected chi connectivity index (χ4v) is 2.23. The number of rotatable bonds is 0. The van der Waals surface area contributed by atoms with Crippen molar-refractivity contribution in [3.05, 3.63) is 23.1 Å². The van der Waals surface area contributed by atoms with Gasteiger partial charge in [0.2, 0.25) is 0 Å². The zero-order valence-electron chi connectivity index (χ0n) is 10.4. The molecule has 0 aromatic carbocycles. The summed E-state index contributed by atoms with van der Waals surface area (Å²) in [5.74, 6) is 0. The zero-order valence-corrected chi connectivity index (χ0v) is 10.4. The highest BCUT2D eigenvalue weighted by molar-refractivity contribution is 5.43. The minimum Gasteiger partial charge on any atom is -0.323 e. The highest BCUT2D eigenvalue weighted by Crippen LogP contribution is 2.28. The Morgan fingerprint density at radius 3 is 2.82 bits per heavy atom. The van der Waals surface area contributed by atoms with Gasteiger partial charge in [-0.05, 0) is 12.8 Å². The second-order valence-corrected chi connectivity index (χ2v) is 5.73. The third kappa shape index (κ3) is 1.53. The maximum absolute atomic E-state index is 5.99. The van der Waals surface area contributed by atoms with E-state index in [0.29, 0.717) is 0 Å². The van der Waals surface area contributed by atoms with E-state index >= 15 is 0 Å². The molecule has 5 nitrogen and oxygen atoms in total. The van der Waals surface area contributed by atoms with Crippen LogP contribution in [0.4, 0.5) is 0 Å². The van der Waals surface area contributed by atoms with Crippen molar-refractivity contribution in [3.8, 4) is 0 Å². The van der Waals surface area contributed by atoms with Crippen molar-refractivity contribution in [2.24, 2.45) is 5.73 Å². The van der Waals surface area contributed by atoms with Crippen LogP contribution < -0.4 is 5.73 Å². The largest absolute Gasteiger partial charge is 0.323 e. The van der Waals surface area contributed by atoms with Gasteiger partial charge in [0, 0.05) is 11.5 Å². The second kappa shape index (κ2) is 3.26. The number of hydrogen-bond donors (Lipinski definition) is 1. The van der Waals surface area contributed by atoms with Crippen LogP contribution in [0.15, 0.2) is 6.07 Å². The number of aryl methyl sites for hydroxylation is 1. The van der Waals surface area contributed by atoms with Gasteiger partial charge in [-0.15, -0.1) is 10.2 Å². The first-order valence-corrected chi connectivity index (χ1v) is 5.98. The summed E-state index contributed by atoms with van der Waals surface area (Å²) in [6.07, 6.45) is 1.88. The van der Waals surface area contributed by atoms with Crippen LogP contribution in [0.2, 0.25) is 0 Å². The molecule has 2 N–H and O–H groups in total. The van der Waals surface area contributed by atoms with Crippen molar-refractivity contribution in [2.45, 2.75) is 45.1 Å².